The molecule has 4 atom stereocenters. The number of aromatic hydroxyl groups is 1. The fraction of sp³-hybridized carbons (Fsp3) is 0.500. The molecular weight excluding hydrogens is 500 g/mol. The Kier molecular flexibility index (Phi) is 12.7. The van der Waals surface area contributed by atoms with E-state index in [-0.39, 0.29) is 37.4 Å². The maximum atomic E-state index is 13.1. The molecule has 14 nitrogen and oxygen atoms in total. The van der Waals surface area contributed by atoms with Crippen molar-refractivity contribution in [3.05, 3.63) is 29.8 Å². The molecule has 38 heavy (non-hydrogen) atoms. The molecule has 1 rings (SSSR count). The maximum Gasteiger partial charge on any atom is 0.326 e. The highest BCUT2D eigenvalue weighted by atomic mass is 16.4. The summed E-state index contributed by atoms with van der Waals surface area (Å²) in [6.07, 6.45) is -0.971. The number of hydrogen-bond acceptors (Lipinski definition) is 8. The molecule has 4 unspecified atom stereocenters. The minimum Gasteiger partial charge on any atom is -0.508 e. The van der Waals surface area contributed by atoms with E-state index in [0.717, 1.165) is 0 Å². The Hall–Kier alpha value is -4.20. The number of carboxylic acid groups (broad SMARTS) is 1. The third-order valence-electron chi connectivity index (χ3n) is 5.40. The lowest BCUT2D eigenvalue weighted by Crippen LogP contribution is -2.57. The topological polar surface area (TPSA) is 257 Å². The second-order valence-corrected chi connectivity index (χ2v) is 9.30. The zero-order chi connectivity index (χ0) is 29.0. The van der Waals surface area contributed by atoms with Crippen LogP contribution in [0.25, 0.3) is 0 Å². The van der Waals surface area contributed by atoms with E-state index in [2.05, 4.69) is 16.0 Å². The molecule has 210 valence electrons. The van der Waals surface area contributed by atoms with Gasteiger partial charge in [0.25, 0.3) is 0 Å². The van der Waals surface area contributed by atoms with E-state index in [1.54, 1.807) is 26.0 Å². The number of rotatable bonds is 16. The van der Waals surface area contributed by atoms with Crippen molar-refractivity contribution in [1.82, 2.24) is 16.0 Å². The van der Waals surface area contributed by atoms with E-state index < -0.39 is 66.1 Å². The van der Waals surface area contributed by atoms with Crippen molar-refractivity contribution in [2.24, 2.45) is 23.1 Å². The molecule has 0 aliphatic rings. The van der Waals surface area contributed by atoms with Gasteiger partial charge in [0, 0.05) is 6.42 Å². The van der Waals surface area contributed by atoms with Gasteiger partial charge in [-0.25, -0.2) is 4.79 Å². The number of benzene rings is 1. The first-order valence-corrected chi connectivity index (χ1v) is 11.9. The first-order valence-electron chi connectivity index (χ1n) is 11.9. The van der Waals surface area contributed by atoms with E-state index in [1.165, 1.54) is 12.1 Å². The Balaban J connectivity index is 3.01. The lowest BCUT2D eigenvalue weighted by molar-refractivity contribution is -0.144. The molecule has 0 aliphatic carbocycles. The average Bonchev–Trinajstić information content (AvgIpc) is 2.81. The third kappa shape index (κ3) is 11.7. The van der Waals surface area contributed by atoms with Gasteiger partial charge in [-0.15, -0.1) is 0 Å². The minimum absolute atomic E-state index is 0.0553. The highest BCUT2D eigenvalue weighted by Gasteiger charge is 2.31. The summed E-state index contributed by atoms with van der Waals surface area (Å²) in [5.41, 5.74) is 16.9. The zero-order valence-electron chi connectivity index (χ0n) is 21.3. The van der Waals surface area contributed by atoms with Crippen LogP contribution in [0.5, 0.6) is 5.75 Å². The van der Waals surface area contributed by atoms with E-state index >= 15 is 0 Å². The summed E-state index contributed by atoms with van der Waals surface area (Å²) in [7, 11) is 0. The molecule has 0 radical (unpaired) electrons. The standard InChI is InChI=1S/C24H36N6O8/c1-12(2)9-17(29-21(34)15(25)10-13-3-5-14(31)6-4-13)23(36)28-16(7-8-19(26)32)22(35)30-18(24(37)38)11-20(27)33/h3-6,12,15-18,31H,7-11,25H2,1-2H3,(H2,26,32)(H2,27,33)(H,28,36)(H,29,34)(H,30,35)(H,37,38). The van der Waals surface area contributed by atoms with Crippen LogP contribution in [0, 0.1) is 5.92 Å². The predicted molar refractivity (Wildman–Crippen MR) is 135 cm³/mol. The van der Waals surface area contributed by atoms with Gasteiger partial charge in [0.15, 0.2) is 0 Å². The van der Waals surface area contributed by atoms with Gasteiger partial charge < -0.3 is 43.4 Å². The molecule has 0 fully saturated rings. The Labute approximate surface area is 219 Å². The molecule has 0 bridgehead atoms. The number of carboxylic acids is 1. The van der Waals surface area contributed by atoms with Gasteiger partial charge in [0.05, 0.1) is 12.5 Å². The van der Waals surface area contributed by atoms with Gasteiger partial charge in [-0.3, -0.25) is 24.0 Å². The molecule has 11 N–H and O–H groups in total. The maximum absolute atomic E-state index is 13.1. The number of primary amides is 2. The number of nitrogens with one attached hydrogen (secondary N) is 3. The quantitative estimate of drug-likeness (QED) is 0.116. The monoisotopic (exact) mass is 536 g/mol. The molecule has 5 amide bonds. The molecule has 1 aromatic rings. The summed E-state index contributed by atoms with van der Waals surface area (Å²) in [5, 5.41) is 25.8. The zero-order valence-corrected chi connectivity index (χ0v) is 21.3. The van der Waals surface area contributed by atoms with Gasteiger partial charge in [-0.1, -0.05) is 26.0 Å². The molecule has 0 heterocycles. The normalized spacial score (nSPS) is 14.0. The summed E-state index contributed by atoms with van der Waals surface area (Å²) in [4.78, 5) is 72.5. The molecular formula is C24H36N6O8. The lowest BCUT2D eigenvalue weighted by Gasteiger charge is -2.26. The summed E-state index contributed by atoms with van der Waals surface area (Å²) in [5.74, 6) is -5.66. The number of carbonyl (C=O) groups excluding carboxylic acids is 5. The Bertz CT molecular complexity index is 1010. The minimum atomic E-state index is -1.66. The fourth-order valence-electron chi connectivity index (χ4n) is 3.46. The van der Waals surface area contributed by atoms with Crippen molar-refractivity contribution in [3.63, 3.8) is 0 Å². The van der Waals surface area contributed by atoms with Crippen LogP contribution in [0.15, 0.2) is 24.3 Å². The molecule has 0 spiro atoms. The second-order valence-electron chi connectivity index (χ2n) is 9.30. The van der Waals surface area contributed by atoms with Crippen molar-refractivity contribution in [2.45, 2.75) is 70.1 Å². The Morgan fingerprint density at radius 2 is 1.34 bits per heavy atom. The van der Waals surface area contributed by atoms with Crippen LogP contribution in [-0.4, -0.2) is 69.9 Å². The van der Waals surface area contributed by atoms with Crippen LogP contribution in [0.4, 0.5) is 0 Å². The largest absolute Gasteiger partial charge is 0.508 e. The third-order valence-corrected chi connectivity index (χ3v) is 5.40. The van der Waals surface area contributed by atoms with Gasteiger partial charge in [0.1, 0.15) is 23.9 Å². The highest BCUT2D eigenvalue weighted by molar-refractivity contribution is 5.95. The van der Waals surface area contributed by atoms with Gasteiger partial charge in [-0.2, -0.15) is 0 Å². The number of phenols is 1. The van der Waals surface area contributed by atoms with Crippen LogP contribution in [0.3, 0.4) is 0 Å². The summed E-state index contributed by atoms with van der Waals surface area (Å²) < 4.78 is 0. The first-order chi connectivity index (χ1) is 17.7. The predicted octanol–water partition coefficient (Wildman–Crippen LogP) is -2.01. The van der Waals surface area contributed by atoms with Crippen LogP contribution >= 0.6 is 0 Å². The fourth-order valence-corrected chi connectivity index (χ4v) is 3.46. The number of nitrogens with two attached hydrogens (primary N) is 3. The molecule has 0 aromatic heterocycles. The van der Waals surface area contributed by atoms with Gasteiger partial charge >= 0.3 is 5.97 Å². The van der Waals surface area contributed by atoms with Crippen LogP contribution in [0.2, 0.25) is 0 Å². The van der Waals surface area contributed by atoms with Gasteiger partial charge in [0.2, 0.25) is 29.5 Å². The first kappa shape index (κ1) is 31.8. The smallest absolute Gasteiger partial charge is 0.326 e. The summed E-state index contributed by atoms with van der Waals surface area (Å²) >= 11 is 0. The van der Waals surface area contributed by atoms with Crippen molar-refractivity contribution in [3.8, 4) is 5.75 Å². The van der Waals surface area contributed by atoms with E-state index in [4.69, 9.17) is 17.2 Å². The number of phenolic OH excluding ortho intramolecular Hbond substituents is 1. The molecule has 0 aliphatic heterocycles. The molecule has 1 aromatic carbocycles. The number of amides is 5. The van der Waals surface area contributed by atoms with E-state index in [0.29, 0.717) is 5.56 Å². The van der Waals surface area contributed by atoms with Gasteiger partial charge in [-0.05, 0) is 42.9 Å². The average molecular weight is 537 g/mol. The number of aliphatic carboxylic acids is 1. The highest BCUT2D eigenvalue weighted by Crippen LogP contribution is 2.12. The second kappa shape index (κ2) is 15.1. The summed E-state index contributed by atoms with van der Waals surface area (Å²) in [6, 6.07) is 0.907. The molecule has 0 saturated carbocycles. The number of carbonyl (C=O) groups is 6. The van der Waals surface area contributed by atoms with Crippen molar-refractivity contribution < 1.29 is 39.0 Å². The SMILES string of the molecule is CC(C)CC(NC(=O)C(N)Cc1ccc(O)cc1)C(=O)NC(CCC(N)=O)C(=O)NC(CC(N)=O)C(=O)O. The number of hydrogen-bond donors (Lipinski definition) is 8. The molecule has 0 saturated heterocycles. The van der Waals surface area contributed by atoms with Crippen LogP contribution in [-0.2, 0) is 35.2 Å². The van der Waals surface area contributed by atoms with E-state index in [1.807, 2.05) is 0 Å². The van der Waals surface area contributed by atoms with Crippen LogP contribution in [0.1, 0.15) is 45.1 Å². The Morgan fingerprint density at radius 3 is 1.84 bits per heavy atom. The van der Waals surface area contributed by atoms with Crippen LogP contribution < -0.4 is 33.2 Å². The van der Waals surface area contributed by atoms with E-state index in [9.17, 15) is 39.0 Å². The van der Waals surface area contributed by atoms with Crippen molar-refractivity contribution in [2.75, 3.05) is 0 Å². The lowest BCUT2D eigenvalue weighted by atomic mass is 10.0. The summed E-state index contributed by atoms with van der Waals surface area (Å²) in [6.45, 7) is 3.61. The van der Waals surface area contributed by atoms with Crippen molar-refractivity contribution in [1.29, 1.82) is 0 Å². The van der Waals surface area contributed by atoms with Crippen molar-refractivity contribution >= 4 is 35.5 Å². The Morgan fingerprint density at radius 1 is 0.816 bits per heavy atom. The molecule has 14 heteroatoms.